The number of nitriles is 1. The normalized spacial score (nSPS) is 11.0. The third kappa shape index (κ3) is 3.15. The second kappa shape index (κ2) is 5.33. The first kappa shape index (κ1) is 14.1. The van der Waals surface area contributed by atoms with E-state index in [4.69, 9.17) is 5.26 Å². The largest absolute Gasteiger partial charge is 0.279 e. The molecule has 0 aliphatic heterocycles. The number of halogens is 1. The molecule has 2 rings (SSSR count). The van der Waals surface area contributed by atoms with Gasteiger partial charge in [0, 0.05) is 4.47 Å². The topological polar surface area (TPSA) is 70.0 Å². The van der Waals surface area contributed by atoms with Gasteiger partial charge >= 0.3 is 0 Å². The van der Waals surface area contributed by atoms with Crippen LogP contribution >= 0.6 is 27.3 Å². The minimum absolute atomic E-state index is 0.131. The number of hydrogen-bond acceptors (Lipinski definition) is 4. The molecule has 0 aliphatic rings. The molecule has 19 heavy (non-hydrogen) atoms. The van der Waals surface area contributed by atoms with Crippen molar-refractivity contribution in [1.82, 2.24) is 0 Å². The van der Waals surface area contributed by atoms with Crippen LogP contribution in [0.25, 0.3) is 0 Å². The van der Waals surface area contributed by atoms with Gasteiger partial charge in [0.2, 0.25) is 0 Å². The van der Waals surface area contributed by atoms with E-state index in [9.17, 15) is 8.42 Å². The molecule has 0 unspecified atom stereocenters. The Labute approximate surface area is 123 Å². The minimum atomic E-state index is -3.64. The van der Waals surface area contributed by atoms with E-state index in [1.165, 1.54) is 12.1 Å². The van der Waals surface area contributed by atoms with Crippen LogP contribution in [0, 0.1) is 18.3 Å². The first-order valence-electron chi connectivity index (χ1n) is 5.21. The fraction of sp³-hybridized carbons (Fsp3) is 0.0833. The van der Waals surface area contributed by atoms with Crippen LogP contribution < -0.4 is 4.72 Å². The molecule has 1 N–H and O–H groups in total. The Balaban J connectivity index is 2.34. The SMILES string of the molecule is Cc1cc(Br)ccc1NS(=O)(=O)c1ccc(C#N)s1. The molecule has 7 heteroatoms. The summed E-state index contributed by atoms with van der Waals surface area (Å²) in [7, 11) is -3.64. The van der Waals surface area contributed by atoms with E-state index in [1.807, 2.05) is 19.1 Å². The predicted molar refractivity (Wildman–Crippen MR) is 78.7 cm³/mol. The summed E-state index contributed by atoms with van der Waals surface area (Å²) in [5, 5.41) is 8.72. The highest BCUT2D eigenvalue weighted by Gasteiger charge is 2.17. The van der Waals surface area contributed by atoms with Gasteiger partial charge in [-0.2, -0.15) is 5.26 Å². The zero-order valence-corrected chi connectivity index (χ0v) is 13.1. The summed E-state index contributed by atoms with van der Waals surface area (Å²) in [5.74, 6) is 0. The minimum Gasteiger partial charge on any atom is -0.279 e. The third-order valence-corrected chi connectivity index (χ3v) is 5.73. The second-order valence-corrected chi connectivity index (χ2v) is 7.70. The van der Waals surface area contributed by atoms with Crippen molar-refractivity contribution in [2.24, 2.45) is 0 Å². The first-order valence-corrected chi connectivity index (χ1v) is 8.30. The van der Waals surface area contributed by atoms with Crippen LogP contribution in [0.3, 0.4) is 0 Å². The van der Waals surface area contributed by atoms with Crippen LogP contribution in [0.5, 0.6) is 0 Å². The molecule has 1 aromatic carbocycles. The lowest BCUT2D eigenvalue weighted by Gasteiger charge is -2.09. The van der Waals surface area contributed by atoms with Crippen LogP contribution in [0.4, 0.5) is 5.69 Å². The maximum Gasteiger partial charge on any atom is 0.271 e. The maximum absolute atomic E-state index is 12.1. The smallest absolute Gasteiger partial charge is 0.271 e. The second-order valence-electron chi connectivity index (χ2n) is 3.80. The fourth-order valence-electron chi connectivity index (χ4n) is 1.46. The average molecular weight is 357 g/mol. The van der Waals surface area contributed by atoms with Crippen molar-refractivity contribution in [3.8, 4) is 6.07 Å². The van der Waals surface area contributed by atoms with Crippen LogP contribution in [-0.2, 0) is 10.0 Å². The van der Waals surface area contributed by atoms with E-state index < -0.39 is 10.0 Å². The van der Waals surface area contributed by atoms with Gasteiger partial charge in [-0.05, 0) is 42.8 Å². The number of benzene rings is 1. The molecule has 4 nitrogen and oxygen atoms in total. The molecule has 98 valence electrons. The van der Waals surface area contributed by atoms with Gasteiger partial charge in [-0.3, -0.25) is 4.72 Å². The summed E-state index contributed by atoms with van der Waals surface area (Å²) in [5.41, 5.74) is 1.34. The van der Waals surface area contributed by atoms with Crippen molar-refractivity contribution < 1.29 is 8.42 Å². The van der Waals surface area contributed by atoms with Gasteiger partial charge < -0.3 is 0 Å². The van der Waals surface area contributed by atoms with Crippen molar-refractivity contribution in [2.45, 2.75) is 11.1 Å². The number of thiophene rings is 1. The standard InChI is InChI=1S/C12H9BrN2O2S2/c1-8-6-9(13)2-4-11(8)15-19(16,17)12-5-3-10(7-14)18-12/h2-6,15H,1H3. The summed E-state index contributed by atoms with van der Waals surface area (Å²) in [6.07, 6.45) is 0. The number of hydrogen-bond donors (Lipinski definition) is 1. The van der Waals surface area contributed by atoms with Crippen molar-refractivity contribution in [2.75, 3.05) is 4.72 Å². The van der Waals surface area contributed by atoms with Gasteiger partial charge in [-0.15, -0.1) is 11.3 Å². The number of sulfonamides is 1. The number of anilines is 1. The molecule has 0 amide bonds. The van der Waals surface area contributed by atoms with Gasteiger partial charge in [0.15, 0.2) is 0 Å². The Morgan fingerprint density at radius 3 is 2.63 bits per heavy atom. The van der Waals surface area contributed by atoms with Crippen LogP contribution in [0.1, 0.15) is 10.4 Å². The highest BCUT2D eigenvalue weighted by Crippen LogP contribution is 2.26. The van der Waals surface area contributed by atoms with Gasteiger partial charge in [0.25, 0.3) is 10.0 Å². The van der Waals surface area contributed by atoms with E-state index in [1.54, 1.807) is 12.1 Å². The average Bonchev–Trinajstić information content (AvgIpc) is 2.82. The highest BCUT2D eigenvalue weighted by atomic mass is 79.9. The zero-order chi connectivity index (χ0) is 14.0. The summed E-state index contributed by atoms with van der Waals surface area (Å²) in [6.45, 7) is 1.82. The number of nitrogens with zero attached hydrogens (tertiary/aromatic N) is 1. The molecule has 0 fully saturated rings. The van der Waals surface area contributed by atoms with E-state index in [0.717, 1.165) is 21.4 Å². The van der Waals surface area contributed by atoms with Gasteiger partial charge in [0.1, 0.15) is 15.2 Å². The molecule has 0 saturated heterocycles. The Morgan fingerprint density at radius 1 is 1.32 bits per heavy atom. The van der Waals surface area contributed by atoms with Gasteiger partial charge in [-0.1, -0.05) is 15.9 Å². The molecule has 2 aromatic rings. The van der Waals surface area contributed by atoms with Gasteiger partial charge in [0.05, 0.1) is 5.69 Å². The molecule has 0 saturated carbocycles. The molecule has 1 aromatic heterocycles. The monoisotopic (exact) mass is 356 g/mol. The number of rotatable bonds is 3. The quantitative estimate of drug-likeness (QED) is 0.914. The summed E-state index contributed by atoms with van der Waals surface area (Å²) >= 11 is 4.27. The first-order chi connectivity index (χ1) is 8.92. The molecule has 0 radical (unpaired) electrons. The molecule has 0 spiro atoms. The Kier molecular flexibility index (Phi) is 3.94. The Bertz CT molecular complexity index is 760. The summed E-state index contributed by atoms with van der Waals surface area (Å²) < 4.78 is 27.8. The van der Waals surface area contributed by atoms with E-state index >= 15 is 0 Å². The Morgan fingerprint density at radius 2 is 2.05 bits per heavy atom. The lowest BCUT2D eigenvalue weighted by molar-refractivity contribution is 0.603. The van der Waals surface area contributed by atoms with E-state index in [0.29, 0.717) is 10.6 Å². The highest BCUT2D eigenvalue weighted by molar-refractivity contribution is 9.10. The molecule has 1 heterocycles. The van der Waals surface area contributed by atoms with Crippen molar-refractivity contribution >= 4 is 43.0 Å². The predicted octanol–water partition coefficient (Wildman–Crippen LogP) is 3.49. The Hall–Kier alpha value is -1.36. The number of nitrogens with one attached hydrogen (secondary N) is 1. The lowest BCUT2D eigenvalue weighted by atomic mass is 10.2. The summed E-state index contributed by atoms with van der Waals surface area (Å²) in [4.78, 5) is 0.368. The number of aryl methyl sites for hydroxylation is 1. The fourth-order valence-corrected chi connectivity index (χ4v) is 4.17. The zero-order valence-electron chi connectivity index (χ0n) is 9.84. The molecule has 0 bridgehead atoms. The maximum atomic E-state index is 12.1. The van der Waals surface area contributed by atoms with Crippen molar-refractivity contribution in [1.29, 1.82) is 5.26 Å². The van der Waals surface area contributed by atoms with Crippen molar-refractivity contribution in [3.63, 3.8) is 0 Å². The molecular weight excluding hydrogens is 348 g/mol. The van der Waals surface area contributed by atoms with Crippen LogP contribution in [0.2, 0.25) is 0 Å². The van der Waals surface area contributed by atoms with Gasteiger partial charge in [-0.25, -0.2) is 8.42 Å². The van der Waals surface area contributed by atoms with Crippen LogP contribution in [-0.4, -0.2) is 8.42 Å². The van der Waals surface area contributed by atoms with E-state index in [2.05, 4.69) is 20.7 Å². The van der Waals surface area contributed by atoms with Crippen LogP contribution in [0.15, 0.2) is 39.0 Å². The molecule has 0 atom stereocenters. The molecule has 0 aliphatic carbocycles. The lowest BCUT2D eigenvalue weighted by Crippen LogP contribution is -2.12. The van der Waals surface area contributed by atoms with E-state index in [-0.39, 0.29) is 4.21 Å². The molecular formula is C12H9BrN2O2S2. The summed E-state index contributed by atoms with van der Waals surface area (Å²) in [6, 6.07) is 10.1. The third-order valence-electron chi connectivity index (χ3n) is 2.39. The van der Waals surface area contributed by atoms with Crippen molar-refractivity contribution in [3.05, 3.63) is 45.2 Å².